The van der Waals surface area contributed by atoms with Gasteiger partial charge in [0.1, 0.15) is 5.82 Å². The van der Waals surface area contributed by atoms with Gasteiger partial charge in [-0.3, -0.25) is 4.79 Å². The lowest BCUT2D eigenvalue weighted by Gasteiger charge is -2.26. The van der Waals surface area contributed by atoms with Gasteiger partial charge in [-0.25, -0.2) is 4.39 Å². The maximum Gasteiger partial charge on any atom is 0.220 e. The highest BCUT2D eigenvalue weighted by atomic mass is 35.5. The van der Waals surface area contributed by atoms with Crippen LogP contribution < -0.4 is 11.1 Å². The summed E-state index contributed by atoms with van der Waals surface area (Å²) in [5.41, 5.74) is 6.27. The molecule has 0 radical (unpaired) electrons. The molecule has 3 nitrogen and oxygen atoms in total. The average molecular weight is 305 g/mol. The predicted octanol–water partition coefficient (Wildman–Crippen LogP) is 2.64. The van der Waals surface area contributed by atoms with E-state index in [9.17, 15) is 9.18 Å². The quantitative estimate of drug-likeness (QED) is 0.899. The fourth-order valence-corrected chi connectivity index (χ4v) is 3.21. The summed E-state index contributed by atoms with van der Waals surface area (Å²) >= 11 is 1.52. The van der Waals surface area contributed by atoms with Crippen LogP contribution in [0, 0.1) is 5.82 Å². The van der Waals surface area contributed by atoms with E-state index in [2.05, 4.69) is 5.32 Å². The van der Waals surface area contributed by atoms with E-state index in [4.69, 9.17) is 5.73 Å². The van der Waals surface area contributed by atoms with E-state index >= 15 is 0 Å². The molecule has 2 rings (SSSR count). The molecule has 1 amide bonds. The van der Waals surface area contributed by atoms with Gasteiger partial charge in [0.2, 0.25) is 5.91 Å². The number of hydrogen-bond acceptors (Lipinski definition) is 3. The van der Waals surface area contributed by atoms with Crippen molar-refractivity contribution in [3.8, 4) is 0 Å². The van der Waals surface area contributed by atoms with Crippen LogP contribution in [0.4, 0.5) is 4.39 Å². The first-order chi connectivity index (χ1) is 8.72. The summed E-state index contributed by atoms with van der Waals surface area (Å²) in [7, 11) is 0. The Morgan fingerprint density at radius 1 is 1.53 bits per heavy atom. The third-order valence-corrected chi connectivity index (χ3v) is 4.13. The molecular formula is C13H18ClFN2OS. The molecule has 0 saturated carbocycles. The van der Waals surface area contributed by atoms with Crippen LogP contribution in [0.5, 0.6) is 0 Å². The molecule has 0 bridgehead atoms. The Morgan fingerprint density at radius 2 is 2.32 bits per heavy atom. The molecule has 0 saturated heterocycles. The Hall–Kier alpha value is -0.780. The Kier molecular flexibility index (Phi) is 6.62. The first-order valence-electron chi connectivity index (χ1n) is 6.13. The van der Waals surface area contributed by atoms with Crippen LogP contribution in [0.1, 0.15) is 30.9 Å². The molecule has 1 atom stereocenters. The second-order valence-electron chi connectivity index (χ2n) is 4.31. The van der Waals surface area contributed by atoms with Crippen LogP contribution in [0.15, 0.2) is 23.1 Å². The van der Waals surface area contributed by atoms with Crippen LogP contribution in [0.2, 0.25) is 0 Å². The lowest BCUT2D eigenvalue weighted by atomic mass is 10.0. The third kappa shape index (κ3) is 4.09. The molecular weight excluding hydrogens is 287 g/mol. The summed E-state index contributed by atoms with van der Waals surface area (Å²) in [6, 6.07) is 4.98. The van der Waals surface area contributed by atoms with Crippen molar-refractivity contribution < 1.29 is 9.18 Å². The minimum Gasteiger partial charge on any atom is -0.349 e. The smallest absolute Gasteiger partial charge is 0.220 e. The van der Waals surface area contributed by atoms with Gasteiger partial charge in [0.15, 0.2) is 0 Å². The van der Waals surface area contributed by atoms with Crippen molar-refractivity contribution in [3.63, 3.8) is 0 Å². The number of amides is 1. The van der Waals surface area contributed by atoms with Gasteiger partial charge in [-0.1, -0.05) is 12.1 Å². The summed E-state index contributed by atoms with van der Waals surface area (Å²) in [5.74, 6) is 0.626. The summed E-state index contributed by atoms with van der Waals surface area (Å²) in [5, 5.41) is 2.96. The maximum atomic E-state index is 13.6. The van der Waals surface area contributed by atoms with Gasteiger partial charge in [0.05, 0.1) is 6.04 Å². The number of carbonyl (C=O) groups excluding carboxylic acids is 1. The molecule has 6 heteroatoms. The molecule has 1 aromatic carbocycles. The zero-order chi connectivity index (χ0) is 13.0. The van der Waals surface area contributed by atoms with Crippen molar-refractivity contribution in [1.82, 2.24) is 5.32 Å². The van der Waals surface area contributed by atoms with Crippen molar-refractivity contribution >= 4 is 30.1 Å². The van der Waals surface area contributed by atoms with E-state index in [0.717, 1.165) is 17.7 Å². The average Bonchev–Trinajstić information content (AvgIpc) is 2.38. The van der Waals surface area contributed by atoms with Crippen molar-refractivity contribution in [2.75, 3.05) is 12.3 Å². The second-order valence-corrected chi connectivity index (χ2v) is 5.41. The van der Waals surface area contributed by atoms with Crippen LogP contribution in [-0.2, 0) is 4.79 Å². The van der Waals surface area contributed by atoms with Gasteiger partial charge in [-0.2, -0.15) is 0 Å². The van der Waals surface area contributed by atoms with Crippen molar-refractivity contribution in [2.45, 2.75) is 30.2 Å². The summed E-state index contributed by atoms with van der Waals surface area (Å²) < 4.78 is 13.6. The van der Waals surface area contributed by atoms with Crippen LogP contribution in [0.3, 0.4) is 0 Å². The van der Waals surface area contributed by atoms with Gasteiger partial charge < -0.3 is 11.1 Å². The van der Waals surface area contributed by atoms with Gasteiger partial charge in [0.25, 0.3) is 0 Å². The fourth-order valence-electron chi connectivity index (χ4n) is 2.07. The standard InChI is InChI=1S/C13H17FN2OS.ClH/c14-10-4-1-3-9-11(6-8-18-13(9)10)16-12(17)5-2-7-15;/h1,3-4,11H,2,5-8,15H2,(H,16,17);1H. The number of benzene rings is 1. The molecule has 1 aliphatic heterocycles. The topological polar surface area (TPSA) is 55.1 Å². The Balaban J connectivity index is 0.00000180. The Bertz CT molecular complexity index is 445. The molecule has 19 heavy (non-hydrogen) atoms. The first kappa shape index (κ1) is 16.3. The van der Waals surface area contributed by atoms with E-state index in [1.807, 2.05) is 6.07 Å². The van der Waals surface area contributed by atoms with Gasteiger partial charge in [0, 0.05) is 17.1 Å². The minimum atomic E-state index is -0.196. The number of rotatable bonds is 4. The monoisotopic (exact) mass is 304 g/mol. The lowest BCUT2D eigenvalue weighted by molar-refractivity contribution is -0.121. The third-order valence-electron chi connectivity index (χ3n) is 2.97. The van der Waals surface area contributed by atoms with Gasteiger partial charge in [-0.05, 0) is 31.0 Å². The van der Waals surface area contributed by atoms with Gasteiger partial charge >= 0.3 is 0 Å². The molecule has 1 unspecified atom stereocenters. The van der Waals surface area contributed by atoms with Crippen molar-refractivity contribution in [1.29, 1.82) is 0 Å². The SMILES string of the molecule is Cl.NCCCC(=O)NC1CCSc2c(F)cccc21. The number of thioether (sulfide) groups is 1. The number of halogens is 2. The van der Waals surface area contributed by atoms with Gasteiger partial charge in [-0.15, -0.1) is 24.2 Å². The summed E-state index contributed by atoms with van der Waals surface area (Å²) in [6.45, 7) is 0.513. The highest BCUT2D eigenvalue weighted by molar-refractivity contribution is 7.99. The first-order valence-corrected chi connectivity index (χ1v) is 7.11. The van der Waals surface area contributed by atoms with E-state index in [0.29, 0.717) is 24.3 Å². The minimum absolute atomic E-state index is 0. The van der Waals surface area contributed by atoms with Crippen molar-refractivity contribution in [2.24, 2.45) is 5.73 Å². The Morgan fingerprint density at radius 3 is 3.05 bits per heavy atom. The van der Waals surface area contributed by atoms with E-state index < -0.39 is 0 Å². The van der Waals surface area contributed by atoms with E-state index in [1.165, 1.54) is 17.8 Å². The molecule has 0 aliphatic carbocycles. The highest BCUT2D eigenvalue weighted by Gasteiger charge is 2.24. The molecule has 1 heterocycles. The second kappa shape index (κ2) is 7.72. The molecule has 106 valence electrons. The number of hydrogen-bond donors (Lipinski definition) is 2. The molecule has 3 N–H and O–H groups in total. The lowest BCUT2D eigenvalue weighted by Crippen LogP contribution is -2.31. The molecule has 1 aliphatic rings. The number of fused-ring (bicyclic) bond motifs is 1. The summed E-state index contributed by atoms with van der Waals surface area (Å²) in [6.07, 6.45) is 1.96. The molecule has 0 aromatic heterocycles. The molecule has 0 spiro atoms. The number of nitrogens with two attached hydrogens (primary N) is 1. The number of carbonyl (C=O) groups is 1. The number of nitrogens with one attached hydrogen (secondary N) is 1. The Labute approximate surface area is 122 Å². The zero-order valence-corrected chi connectivity index (χ0v) is 12.2. The fraction of sp³-hybridized carbons (Fsp3) is 0.462. The largest absolute Gasteiger partial charge is 0.349 e. The van der Waals surface area contributed by atoms with Crippen LogP contribution in [0.25, 0.3) is 0 Å². The normalized spacial score (nSPS) is 17.3. The highest BCUT2D eigenvalue weighted by Crippen LogP contribution is 2.37. The van der Waals surface area contributed by atoms with Crippen LogP contribution in [-0.4, -0.2) is 18.2 Å². The molecule has 1 aromatic rings. The zero-order valence-electron chi connectivity index (χ0n) is 10.5. The van der Waals surface area contributed by atoms with E-state index in [1.54, 1.807) is 6.07 Å². The van der Waals surface area contributed by atoms with Crippen LogP contribution >= 0.6 is 24.2 Å². The summed E-state index contributed by atoms with van der Waals surface area (Å²) in [4.78, 5) is 12.4. The molecule has 0 fully saturated rings. The predicted molar refractivity (Wildman–Crippen MR) is 78.2 cm³/mol. The maximum absolute atomic E-state index is 13.6. The van der Waals surface area contributed by atoms with Crippen molar-refractivity contribution in [3.05, 3.63) is 29.6 Å². The van der Waals surface area contributed by atoms with E-state index in [-0.39, 0.29) is 30.2 Å².